The average molecular weight is 188 g/mol. The Morgan fingerprint density at radius 3 is 2.69 bits per heavy atom. The molecule has 0 heterocycles. The Balaban J connectivity index is 3.68. The van der Waals surface area contributed by atoms with E-state index in [1.54, 1.807) is 0 Å². The Labute approximate surface area is 77.8 Å². The molecule has 0 rings (SSSR count). The second-order valence-corrected chi connectivity index (χ2v) is 2.79. The molecule has 2 N–H and O–H groups in total. The maximum absolute atomic E-state index is 11.0. The lowest BCUT2D eigenvalue weighted by Crippen LogP contribution is -2.22. The summed E-state index contributed by atoms with van der Waals surface area (Å²) in [6.07, 6.45) is 0.420. The zero-order chi connectivity index (χ0) is 10.3. The van der Waals surface area contributed by atoms with Crippen LogP contribution in [0.1, 0.15) is 19.8 Å². The summed E-state index contributed by atoms with van der Waals surface area (Å²) in [6, 6.07) is 0. The molecule has 0 radical (unpaired) electrons. The molecule has 1 atom stereocenters. The number of aliphatic hydroxyl groups is 2. The Bertz CT molecular complexity index is 176. The lowest BCUT2D eigenvalue weighted by molar-refractivity contribution is -0.142. The number of hydrogen-bond donors (Lipinski definition) is 2. The van der Waals surface area contributed by atoms with E-state index < -0.39 is 18.7 Å². The topological polar surface area (TPSA) is 66.8 Å². The quantitative estimate of drug-likeness (QED) is 0.463. The van der Waals surface area contributed by atoms with Crippen molar-refractivity contribution in [1.82, 2.24) is 0 Å². The number of carbonyl (C=O) groups is 1. The third-order valence-electron chi connectivity index (χ3n) is 1.46. The highest BCUT2D eigenvalue weighted by Crippen LogP contribution is 2.03. The minimum atomic E-state index is -1.00. The highest BCUT2D eigenvalue weighted by Gasteiger charge is 2.10. The van der Waals surface area contributed by atoms with Crippen molar-refractivity contribution < 1.29 is 19.7 Å². The van der Waals surface area contributed by atoms with Gasteiger partial charge < -0.3 is 14.9 Å². The van der Waals surface area contributed by atoms with Crippen molar-refractivity contribution in [3.63, 3.8) is 0 Å². The van der Waals surface area contributed by atoms with E-state index in [-0.39, 0.29) is 6.61 Å². The second kappa shape index (κ2) is 6.62. The number of hydrogen-bond acceptors (Lipinski definition) is 4. The van der Waals surface area contributed by atoms with E-state index >= 15 is 0 Å². The van der Waals surface area contributed by atoms with Crippen LogP contribution in [0.4, 0.5) is 0 Å². The summed E-state index contributed by atoms with van der Waals surface area (Å²) in [6.45, 7) is 4.87. The molecule has 0 fully saturated rings. The minimum Gasteiger partial charge on any atom is -0.459 e. The molecule has 0 amide bonds. The van der Waals surface area contributed by atoms with Crippen molar-refractivity contribution in [2.75, 3.05) is 13.2 Å². The molecule has 0 aliphatic carbocycles. The first-order valence-corrected chi connectivity index (χ1v) is 4.25. The molecule has 13 heavy (non-hydrogen) atoms. The zero-order valence-corrected chi connectivity index (χ0v) is 7.82. The smallest absolute Gasteiger partial charge is 0.333 e. The summed E-state index contributed by atoms with van der Waals surface area (Å²) in [5.41, 5.74) is 0.396. The van der Waals surface area contributed by atoms with Gasteiger partial charge in [0, 0.05) is 5.57 Å². The molecular formula is C9H16O4. The number of rotatable bonds is 6. The highest BCUT2D eigenvalue weighted by molar-refractivity contribution is 5.87. The van der Waals surface area contributed by atoms with Crippen LogP contribution in [0, 0.1) is 0 Å². The fourth-order valence-electron chi connectivity index (χ4n) is 0.730. The van der Waals surface area contributed by atoms with E-state index in [0.717, 1.165) is 6.42 Å². The normalized spacial score (nSPS) is 12.2. The maximum atomic E-state index is 11.0. The number of ether oxygens (including phenoxy) is 1. The van der Waals surface area contributed by atoms with Crippen molar-refractivity contribution in [3.05, 3.63) is 12.2 Å². The monoisotopic (exact) mass is 188 g/mol. The van der Waals surface area contributed by atoms with Gasteiger partial charge in [-0.15, -0.1) is 0 Å². The molecule has 0 spiro atoms. The van der Waals surface area contributed by atoms with Crippen molar-refractivity contribution in [2.45, 2.75) is 25.9 Å². The average Bonchev–Trinajstić information content (AvgIpc) is 2.13. The van der Waals surface area contributed by atoms with Gasteiger partial charge in [0.05, 0.1) is 6.61 Å². The Kier molecular flexibility index (Phi) is 6.18. The predicted molar refractivity (Wildman–Crippen MR) is 48.1 cm³/mol. The molecule has 4 heteroatoms. The van der Waals surface area contributed by atoms with E-state index in [0.29, 0.717) is 12.0 Å². The zero-order valence-electron chi connectivity index (χ0n) is 7.82. The largest absolute Gasteiger partial charge is 0.459 e. The minimum absolute atomic E-state index is 0.182. The van der Waals surface area contributed by atoms with Crippen molar-refractivity contribution in [3.8, 4) is 0 Å². The fraction of sp³-hybridized carbons (Fsp3) is 0.667. The van der Waals surface area contributed by atoms with E-state index in [9.17, 15) is 4.79 Å². The van der Waals surface area contributed by atoms with Crippen molar-refractivity contribution in [1.29, 1.82) is 0 Å². The van der Waals surface area contributed by atoms with Crippen LogP contribution in [0.5, 0.6) is 0 Å². The van der Waals surface area contributed by atoms with Crippen LogP contribution in [0.15, 0.2) is 12.2 Å². The first-order chi connectivity index (χ1) is 6.11. The van der Waals surface area contributed by atoms with Gasteiger partial charge in [0.2, 0.25) is 0 Å². The Morgan fingerprint density at radius 1 is 1.62 bits per heavy atom. The molecule has 0 saturated carbocycles. The molecule has 1 unspecified atom stereocenters. The Hall–Kier alpha value is -0.870. The summed E-state index contributed by atoms with van der Waals surface area (Å²) < 4.78 is 4.66. The van der Waals surface area contributed by atoms with Gasteiger partial charge in [-0.3, -0.25) is 0 Å². The van der Waals surface area contributed by atoms with Crippen LogP contribution >= 0.6 is 0 Å². The summed E-state index contributed by atoms with van der Waals surface area (Å²) in [5.74, 6) is -0.505. The SMILES string of the molecule is C=C(CCC)C(=O)OCC(O)CO. The molecule has 0 aromatic heterocycles. The number of esters is 1. The second-order valence-electron chi connectivity index (χ2n) is 2.79. The van der Waals surface area contributed by atoms with E-state index in [2.05, 4.69) is 11.3 Å². The van der Waals surface area contributed by atoms with Crippen LogP contribution in [0.25, 0.3) is 0 Å². The van der Waals surface area contributed by atoms with Gasteiger partial charge in [0.15, 0.2) is 0 Å². The van der Waals surface area contributed by atoms with Gasteiger partial charge in [-0.1, -0.05) is 19.9 Å². The summed E-state index contributed by atoms with van der Waals surface area (Å²) >= 11 is 0. The molecule has 76 valence electrons. The van der Waals surface area contributed by atoms with Gasteiger partial charge in [0.25, 0.3) is 0 Å². The fourth-order valence-corrected chi connectivity index (χ4v) is 0.730. The van der Waals surface area contributed by atoms with Crippen LogP contribution in [-0.4, -0.2) is 35.5 Å². The molecule has 0 aromatic rings. The van der Waals surface area contributed by atoms with Gasteiger partial charge in [-0.25, -0.2) is 4.79 Å². The first kappa shape index (κ1) is 12.1. The third-order valence-corrected chi connectivity index (χ3v) is 1.46. The summed E-state index contributed by atoms with van der Waals surface area (Å²) in [5, 5.41) is 17.3. The summed E-state index contributed by atoms with van der Waals surface area (Å²) in [7, 11) is 0. The van der Waals surface area contributed by atoms with E-state index in [1.807, 2.05) is 6.92 Å². The summed E-state index contributed by atoms with van der Waals surface area (Å²) in [4.78, 5) is 11.0. The number of aliphatic hydroxyl groups excluding tert-OH is 2. The van der Waals surface area contributed by atoms with Crippen LogP contribution < -0.4 is 0 Å². The third kappa shape index (κ3) is 5.38. The van der Waals surface area contributed by atoms with Gasteiger partial charge >= 0.3 is 5.97 Å². The van der Waals surface area contributed by atoms with Gasteiger partial charge in [-0.05, 0) is 6.42 Å². The molecule has 4 nitrogen and oxygen atoms in total. The van der Waals surface area contributed by atoms with Crippen molar-refractivity contribution >= 4 is 5.97 Å². The van der Waals surface area contributed by atoms with Gasteiger partial charge in [0.1, 0.15) is 12.7 Å². The predicted octanol–water partition coefficient (Wildman–Crippen LogP) is 0.239. The highest BCUT2D eigenvalue weighted by atomic mass is 16.5. The Morgan fingerprint density at radius 2 is 2.23 bits per heavy atom. The molecule has 0 aromatic carbocycles. The lowest BCUT2D eigenvalue weighted by atomic mass is 10.2. The maximum Gasteiger partial charge on any atom is 0.333 e. The van der Waals surface area contributed by atoms with Gasteiger partial charge in [-0.2, -0.15) is 0 Å². The molecule has 0 aliphatic heterocycles. The van der Waals surface area contributed by atoms with Crippen molar-refractivity contribution in [2.24, 2.45) is 0 Å². The molecule has 0 aliphatic rings. The first-order valence-electron chi connectivity index (χ1n) is 4.25. The van der Waals surface area contributed by atoms with E-state index in [1.165, 1.54) is 0 Å². The van der Waals surface area contributed by atoms with Crippen LogP contribution in [0.3, 0.4) is 0 Å². The molecular weight excluding hydrogens is 172 g/mol. The standard InChI is InChI=1S/C9H16O4/c1-3-4-7(2)9(12)13-6-8(11)5-10/h8,10-11H,2-6H2,1H3. The van der Waals surface area contributed by atoms with Crippen LogP contribution in [-0.2, 0) is 9.53 Å². The molecule has 0 bridgehead atoms. The lowest BCUT2D eigenvalue weighted by Gasteiger charge is -2.09. The van der Waals surface area contributed by atoms with E-state index in [4.69, 9.17) is 10.2 Å². The molecule has 0 saturated heterocycles. The van der Waals surface area contributed by atoms with Crippen LogP contribution in [0.2, 0.25) is 0 Å². The number of carbonyl (C=O) groups excluding carboxylic acids is 1.